The molecule has 0 radical (unpaired) electrons. The van der Waals surface area contributed by atoms with Crippen molar-refractivity contribution in [2.45, 2.75) is 30.1 Å². The number of pyridine rings is 1. The van der Waals surface area contributed by atoms with Crippen LogP contribution in [0.25, 0.3) is 0 Å². The van der Waals surface area contributed by atoms with Gasteiger partial charge >= 0.3 is 0 Å². The first-order valence-electron chi connectivity index (χ1n) is 6.05. The second kappa shape index (κ2) is 6.02. The zero-order chi connectivity index (χ0) is 13.0. The summed E-state index contributed by atoms with van der Waals surface area (Å²) in [5, 5.41) is 5.30. The van der Waals surface area contributed by atoms with Gasteiger partial charge in [0.2, 0.25) is 0 Å². The minimum Gasteiger partial charge on any atom is -0.329 e. The zero-order valence-electron chi connectivity index (χ0n) is 10.9. The van der Waals surface area contributed by atoms with Gasteiger partial charge in [-0.3, -0.25) is 0 Å². The number of aryl methyl sites for hydroxylation is 1. The van der Waals surface area contributed by atoms with Gasteiger partial charge in [0.15, 0.2) is 5.16 Å². The van der Waals surface area contributed by atoms with E-state index in [9.17, 15) is 0 Å². The number of nitrogens with zero attached hydrogens (tertiary/aromatic N) is 3. The van der Waals surface area contributed by atoms with Gasteiger partial charge < -0.3 is 9.88 Å². The van der Waals surface area contributed by atoms with Crippen molar-refractivity contribution in [1.82, 2.24) is 19.9 Å². The summed E-state index contributed by atoms with van der Waals surface area (Å²) < 4.78 is 1.99. The maximum Gasteiger partial charge on any atom is 0.174 e. The van der Waals surface area contributed by atoms with E-state index in [1.807, 2.05) is 30.1 Å². The molecule has 2 rings (SSSR count). The van der Waals surface area contributed by atoms with Crippen molar-refractivity contribution in [3.05, 3.63) is 36.3 Å². The highest BCUT2D eigenvalue weighted by molar-refractivity contribution is 7.99. The number of aromatic nitrogens is 3. The number of imidazole rings is 1. The van der Waals surface area contributed by atoms with Crippen molar-refractivity contribution in [2.75, 3.05) is 6.54 Å². The summed E-state index contributed by atoms with van der Waals surface area (Å²) in [5.41, 5.74) is 1.21. The molecule has 4 nitrogen and oxygen atoms in total. The van der Waals surface area contributed by atoms with E-state index in [0.717, 1.165) is 16.7 Å². The molecule has 0 aromatic carbocycles. The van der Waals surface area contributed by atoms with Crippen LogP contribution in [0.15, 0.2) is 40.9 Å². The first-order valence-corrected chi connectivity index (χ1v) is 6.87. The molecule has 0 spiro atoms. The molecule has 0 aliphatic carbocycles. The Morgan fingerprint density at radius 1 is 1.39 bits per heavy atom. The van der Waals surface area contributed by atoms with Gasteiger partial charge in [-0.25, -0.2) is 9.97 Å². The highest BCUT2D eigenvalue weighted by atomic mass is 32.2. The van der Waals surface area contributed by atoms with Crippen LogP contribution in [0.2, 0.25) is 0 Å². The number of nitrogens with one attached hydrogen (secondary N) is 1. The van der Waals surface area contributed by atoms with Crippen molar-refractivity contribution < 1.29 is 0 Å². The lowest BCUT2D eigenvalue weighted by Gasteiger charge is -2.12. The molecule has 0 aliphatic rings. The van der Waals surface area contributed by atoms with E-state index in [1.165, 1.54) is 5.56 Å². The Morgan fingerprint density at radius 2 is 2.22 bits per heavy atom. The molecule has 18 heavy (non-hydrogen) atoms. The molecule has 0 aliphatic heterocycles. The summed E-state index contributed by atoms with van der Waals surface area (Å²) in [5.74, 6) is 0. The Bertz CT molecular complexity index is 492. The molecule has 2 heterocycles. The quantitative estimate of drug-likeness (QED) is 0.899. The first kappa shape index (κ1) is 13.1. The Hall–Kier alpha value is -1.33. The SMILES string of the molecule is CCNC(C)c1ccc(Sc2nccn2C)nc1. The van der Waals surface area contributed by atoms with Gasteiger partial charge in [-0.1, -0.05) is 13.0 Å². The molecule has 0 saturated heterocycles. The molecule has 0 saturated carbocycles. The molecule has 2 aromatic rings. The maximum atomic E-state index is 4.47. The van der Waals surface area contributed by atoms with E-state index in [4.69, 9.17) is 0 Å². The summed E-state index contributed by atoms with van der Waals surface area (Å²) in [7, 11) is 1.98. The number of rotatable bonds is 5. The van der Waals surface area contributed by atoms with E-state index in [1.54, 1.807) is 18.0 Å². The molecule has 2 aromatic heterocycles. The van der Waals surface area contributed by atoms with Crippen molar-refractivity contribution in [2.24, 2.45) is 7.05 Å². The third-order valence-electron chi connectivity index (χ3n) is 2.74. The second-order valence-corrected chi connectivity index (χ2v) is 5.12. The van der Waals surface area contributed by atoms with Crippen LogP contribution in [0.4, 0.5) is 0 Å². The first-order chi connectivity index (χ1) is 8.70. The Kier molecular flexibility index (Phi) is 4.38. The van der Waals surface area contributed by atoms with E-state index in [0.29, 0.717) is 6.04 Å². The lowest BCUT2D eigenvalue weighted by Crippen LogP contribution is -2.17. The van der Waals surface area contributed by atoms with Gasteiger partial charge in [-0.2, -0.15) is 0 Å². The molecule has 5 heteroatoms. The van der Waals surface area contributed by atoms with Crippen LogP contribution in [0.5, 0.6) is 0 Å². The van der Waals surface area contributed by atoms with E-state index >= 15 is 0 Å². The van der Waals surface area contributed by atoms with Gasteiger partial charge in [0.1, 0.15) is 5.03 Å². The molecule has 1 N–H and O–H groups in total. The Labute approximate surface area is 112 Å². The minimum atomic E-state index is 0.342. The largest absolute Gasteiger partial charge is 0.329 e. The molecule has 96 valence electrons. The summed E-state index contributed by atoms with van der Waals surface area (Å²) in [4.78, 5) is 8.74. The van der Waals surface area contributed by atoms with E-state index in [-0.39, 0.29) is 0 Å². The van der Waals surface area contributed by atoms with Crippen LogP contribution in [0.1, 0.15) is 25.5 Å². The molecule has 0 amide bonds. The maximum absolute atomic E-state index is 4.47. The lowest BCUT2D eigenvalue weighted by molar-refractivity contribution is 0.595. The predicted octanol–water partition coefficient (Wildman–Crippen LogP) is 2.64. The van der Waals surface area contributed by atoms with Crippen molar-refractivity contribution in [1.29, 1.82) is 0 Å². The molecular formula is C13H18N4S. The van der Waals surface area contributed by atoms with Crippen molar-refractivity contribution >= 4 is 11.8 Å². The number of hydrogen-bond acceptors (Lipinski definition) is 4. The Balaban J connectivity index is 2.06. The molecule has 0 fully saturated rings. The molecule has 1 atom stereocenters. The third kappa shape index (κ3) is 3.11. The highest BCUT2D eigenvalue weighted by Gasteiger charge is 2.06. The van der Waals surface area contributed by atoms with Crippen LogP contribution in [-0.2, 0) is 7.05 Å². The highest BCUT2D eigenvalue weighted by Crippen LogP contribution is 2.24. The predicted molar refractivity (Wildman–Crippen MR) is 73.7 cm³/mol. The fraction of sp³-hybridized carbons (Fsp3) is 0.385. The van der Waals surface area contributed by atoms with Gasteiger partial charge in [-0.05, 0) is 36.9 Å². The third-order valence-corrected chi connectivity index (χ3v) is 3.77. The average molecular weight is 262 g/mol. The summed E-state index contributed by atoms with van der Waals surface area (Å²) in [6.45, 7) is 5.21. The van der Waals surface area contributed by atoms with Gasteiger partial charge in [-0.15, -0.1) is 0 Å². The van der Waals surface area contributed by atoms with Crippen LogP contribution in [0, 0.1) is 0 Å². The fourth-order valence-corrected chi connectivity index (χ4v) is 2.42. The lowest BCUT2D eigenvalue weighted by atomic mass is 10.1. The minimum absolute atomic E-state index is 0.342. The van der Waals surface area contributed by atoms with Crippen LogP contribution < -0.4 is 5.32 Å². The summed E-state index contributed by atoms with van der Waals surface area (Å²) in [6, 6.07) is 4.50. The standard InChI is InChI=1S/C13H18N4S/c1-4-14-10(2)11-5-6-12(16-9-11)18-13-15-7-8-17(13)3/h5-10,14H,4H2,1-3H3. The fourth-order valence-electron chi connectivity index (χ4n) is 1.68. The normalized spacial score (nSPS) is 12.6. The summed E-state index contributed by atoms with van der Waals surface area (Å²) in [6.07, 6.45) is 5.66. The van der Waals surface area contributed by atoms with Crippen LogP contribution in [-0.4, -0.2) is 21.1 Å². The Morgan fingerprint density at radius 3 is 2.78 bits per heavy atom. The van der Waals surface area contributed by atoms with Crippen molar-refractivity contribution in [3.63, 3.8) is 0 Å². The second-order valence-electron chi connectivity index (χ2n) is 4.13. The summed E-state index contributed by atoms with van der Waals surface area (Å²) >= 11 is 1.57. The van der Waals surface area contributed by atoms with Gasteiger partial charge in [0, 0.05) is 31.7 Å². The van der Waals surface area contributed by atoms with Gasteiger partial charge in [0.05, 0.1) is 0 Å². The van der Waals surface area contributed by atoms with Crippen LogP contribution >= 0.6 is 11.8 Å². The smallest absolute Gasteiger partial charge is 0.174 e. The van der Waals surface area contributed by atoms with Crippen LogP contribution in [0.3, 0.4) is 0 Å². The molecular weight excluding hydrogens is 244 g/mol. The van der Waals surface area contributed by atoms with E-state index < -0.39 is 0 Å². The van der Waals surface area contributed by atoms with E-state index in [2.05, 4.69) is 35.2 Å². The zero-order valence-corrected chi connectivity index (χ0v) is 11.7. The number of hydrogen-bond donors (Lipinski definition) is 1. The topological polar surface area (TPSA) is 42.7 Å². The van der Waals surface area contributed by atoms with Gasteiger partial charge in [0.25, 0.3) is 0 Å². The monoisotopic (exact) mass is 262 g/mol. The molecule has 1 unspecified atom stereocenters. The average Bonchev–Trinajstić information content (AvgIpc) is 2.76. The van der Waals surface area contributed by atoms with Crippen molar-refractivity contribution in [3.8, 4) is 0 Å². The molecule has 0 bridgehead atoms.